The minimum atomic E-state index is -5.02. The molecule has 0 bridgehead atoms. The summed E-state index contributed by atoms with van der Waals surface area (Å²) in [5.41, 5.74) is -4.04. The van der Waals surface area contributed by atoms with Crippen LogP contribution in [0.15, 0.2) is 47.0 Å². The summed E-state index contributed by atoms with van der Waals surface area (Å²) in [5, 5.41) is 11.2. The van der Waals surface area contributed by atoms with E-state index in [1.165, 1.54) is 19.1 Å². The molecule has 4 rings (SSSR count). The summed E-state index contributed by atoms with van der Waals surface area (Å²) in [4.78, 5) is 24.9. The fraction of sp³-hybridized carbons (Fsp3) is 0.174. The van der Waals surface area contributed by atoms with Crippen molar-refractivity contribution in [3.05, 3.63) is 86.8 Å². The molecule has 14 heteroatoms. The summed E-state index contributed by atoms with van der Waals surface area (Å²) in [7, 11) is 0. The molecule has 0 aliphatic heterocycles. The zero-order valence-electron chi connectivity index (χ0n) is 18.5. The highest BCUT2D eigenvalue weighted by atomic mass is 35.5. The van der Waals surface area contributed by atoms with Crippen LogP contribution in [-0.2, 0) is 18.9 Å². The van der Waals surface area contributed by atoms with Crippen molar-refractivity contribution in [3.63, 3.8) is 0 Å². The SMILES string of the molecule is Cc1c(C(=O)c2c(C=O)noc2-c2ccccc2Cl)nnn1Cc1cc(C(F)(F)F)cc(C(F)(F)F)c1. The Hall–Kier alpha value is -4.00. The Morgan fingerprint density at radius 2 is 1.68 bits per heavy atom. The molecule has 0 aliphatic carbocycles. The van der Waals surface area contributed by atoms with Crippen molar-refractivity contribution < 1.29 is 40.5 Å². The van der Waals surface area contributed by atoms with E-state index in [9.17, 15) is 35.9 Å². The Morgan fingerprint density at radius 1 is 1.05 bits per heavy atom. The van der Waals surface area contributed by atoms with Crippen LogP contribution >= 0.6 is 11.6 Å². The summed E-state index contributed by atoms with van der Waals surface area (Å²) in [5.74, 6) is -0.985. The molecule has 0 radical (unpaired) electrons. The number of hydrogen-bond donors (Lipinski definition) is 0. The molecule has 4 aromatic rings. The van der Waals surface area contributed by atoms with Crippen LogP contribution in [0.2, 0.25) is 5.02 Å². The van der Waals surface area contributed by atoms with Crippen LogP contribution in [-0.4, -0.2) is 32.2 Å². The van der Waals surface area contributed by atoms with Crippen LogP contribution in [0.1, 0.15) is 48.9 Å². The molecule has 7 nitrogen and oxygen atoms in total. The van der Waals surface area contributed by atoms with Crippen LogP contribution in [0, 0.1) is 6.92 Å². The molecule has 0 spiro atoms. The van der Waals surface area contributed by atoms with Crippen molar-refractivity contribution in [2.75, 3.05) is 0 Å². The highest BCUT2D eigenvalue weighted by Gasteiger charge is 2.37. The number of aldehydes is 1. The van der Waals surface area contributed by atoms with Gasteiger partial charge in [-0.25, -0.2) is 4.68 Å². The Labute approximate surface area is 208 Å². The fourth-order valence-electron chi connectivity index (χ4n) is 3.55. The maximum Gasteiger partial charge on any atom is 0.416 e. The Balaban J connectivity index is 1.74. The molecule has 0 amide bonds. The first-order chi connectivity index (χ1) is 17.3. The van der Waals surface area contributed by atoms with Crippen molar-refractivity contribution in [1.82, 2.24) is 20.2 Å². The number of halogens is 7. The third-order valence-electron chi connectivity index (χ3n) is 5.35. The number of aromatic nitrogens is 4. The maximum absolute atomic E-state index is 13.3. The Kier molecular flexibility index (Phi) is 6.67. The lowest BCUT2D eigenvalue weighted by atomic mass is 10.0. The molecule has 0 saturated heterocycles. The minimum Gasteiger partial charge on any atom is -0.355 e. The predicted molar refractivity (Wildman–Crippen MR) is 116 cm³/mol. The number of carbonyl (C=O) groups is 2. The molecule has 0 unspecified atom stereocenters. The lowest BCUT2D eigenvalue weighted by Crippen LogP contribution is -2.14. The number of benzene rings is 2. The van der Waals surface area contributed by atoms with Gasteiger partial charge in [-0.1, -0.05) is 34.1 Å². The molecule has 0 saturated carbocycles. The van der Waals surface area contributed by atoms with Crippen molar-refractivity contribution in [1.29, 1.82) is 0 Å². The molecular formula is C23H13ClF6N4O3. The molecule has 0 aliphatic rings. The number of alkyl halides is 6. The molecule has 192 valence electrons. The smallest absolute Gasteiger partial charge is 0.355 e. The van der Waals surface area contributed by atoms with Crippen molar-refractivity contribution in [2.45, 2.75) is 25.8 Å². The molecular weight excluding hydrogens is 530 g/mol. The van der Waals surface area contributed by atoms with Gasteiger partial charge in [-0.3, -0.25) is 9.59 Å². The van der Waals surface area contributed by atoms with Crippen molar-refractivity contribution in [3.8, 4) is 11.3 Å². The first-order valence-electron chi connectivity index (χ1n) is 10.2. The van der Waals surface area contributed by atoms with E-state index in [1.807, 2.05) is 0 Å². The largest absolute Gasteiger partial charge is 0.416 e. The van der Waals surface area contributed by atoms with E-state index in [2.05, 4.69) is 15.5 Å². The van der Waals surface area contributed by atoms with Gasteiger partial charge in [0.1, 0.15) is 5.56 Å². The number of ketones is 1. The van der Waals surface area contributed by atoms with Gasteiger partial charge in [0.15, 0.2) is 23.4 Å². The van der Waals surface area contributed by atoms with Crippen LogP contribution in [0.4, 0.5) is 26.3 Å². The molecule has 2 aromatic carbocycles. The van der Waals surface area contributed by atoms with Gasteiger partial charge < -0.3 is 4.52 Å². The first kappa shape index (κ1) is 26.1. The number of carbonyl (C=O) groups excluding carboxylic acids is 2. The van der Waals surface area contributed by atoms with Gasteiger partial charge in [0.25, 0.3) is 0 Å². The van der Waals surface area contributed by atoms with E-state index in [0.29, 0.717) is 12.1 Å². The predicted octanol–water partition coefficient (Wildman–Crippen LogP) is 6.02. The topological polar surface area (TPSA) is 90.9 Å². The van der Waals surface area contributed by atoms with Gasteiger partial charge in [-0.05, 0) is 42.8 Å². The monoisotopic (exact) mass is 542 g/mol. The number of hydrogen-bond acceptors (Lipinski definition) is 6. The van der Waals surface area contributed by atoms with E-state index >= 15 is 0 Å². The molecule has 0 N–H and O–H groups in total. The third-order valence-corrected chi connectivity index (χ3v) is 5.68. The summed E-state index contributed by atoms with van der Waals surface area (Å²) < 4.78 is 85.3. The van der Waals surface area contributed by atoms with Gasteiger partial charge in [0, 0.05) is 5.56 Å². The van der Waals surface area contributed by atoms with Crippen LogP contribution < -0.4 is 0 Å². The fourth-order valence-corrected chi connectivity index (χ4v) is 3.78. The van der Waals surface area contributed by atoms with Gasteiger partial charge in [-0.2, -0.15) is 26.3 Å². The van der Waals surface area contributed by atoms with E-state index in [1.54, 1.807) is 12.1 Å². The third kappa shape index (κ3) is 5.12. The number of nitrogens with zero attached hydrogens (tertiary/aromatic N) is 4. The van der Waals surface area contributed by atoms with Crippen LogP contribution in [0.5, 0.6) is 0 Å². The first-order valence-corrected chi connectivity index (χ1v) is 10.6. The lowest BCUT2D eigenvalue weighted by Gasteiger charge is -2.14. The maximum atomic E-state index is 13.3. The van der Waals surface area contributed by atoms with E-state index in [0.717, 1.165) is 4.68 Å². The summed E-state index contributed by atoms with van der Waals surface area (Å²) in [6.07, 6.45) is -9.77. The van der Waals surface area contributed by atoms with Gasteiger partial charge in [0.05, 0.1) is 28.4 Å². The summed E-state index contributed by atoms with van der Waals surface area (Å²) >= 11 is 6.17. The quantitative estimate of drug-likeness (QED) is 0.168. The van der Waals surface area contributed by atoms with Gasteiger partial charge in [-0.15, -0.1) is 5.10 Å². The second kappa shape index (κ2) is 9.47. The second-order valence-corrected chi connectivity index (χ2v) is 8.20. The zero-order valence-corrected chi connectivity index (χ0v) is 19.2. The Bertz CT molecular complexity index is 1470. The van der Waals surface area contributed by atoms with E-state index in [-0.39, 0.29) is 56.9 Å². The molecule has 0 atom stereocenters. The second-order valence-electron chi connectivity index (χ2n) is 7.79. The standard InChI is InChI=1S/C23H13ClF6N4O3/c1-11-19(20(36)18-17(10-35)32-37-21(18)15-4-2-3-5-16(15)24)31-33-34(11)9-12-6-13(22(25,26)27)8-14(7-12)23(28,29)30/h2-8,10H,9H2,1H3. The normalized spacial score (nSPS) is 12.1. The minimum absolute atomic E-state index is 0.00967. The summed E-state index contributed by atoms with van der Waals surface area (Å²) in [6, 6.07) is 7.37. The van der Waals surface area contributed by atoms with E-state index in [4.69, 9.17) is 16.1 Å². The van der Waals surface area contributed by atoms with Crippen LogP contribution in [0.25, 0.3) is 11.3 Å². The molecule has 2 aromatic heterocycles. The molecule has 2 heterocycles. The zero-order chi connectivity index (χ0) is 27.1. The molecule has 37 heavy (non-hydrogen) atoms. The van der Waals surface area contributed by atoms with Crippen molar-refractivity contribution in [2.24, 2.45) is 0 Å². The summed E-state index contributed by atoms with van der Waals surface area (Å²) in [6.45, 7) is 0.787. The average molecular weight is 543 g/mol. The van der Waals surface area contributed by atoms with E-state index < -0.39 is 35.8 Å². The highest BCUT2D eigenvalue weighted by Crippen LogP contribution is 2.37. The van der Waals surface area contributed by atoms with Crippen molar-refractivity contribution >= 4 is 23.7 Å². The molecule has 0 fully saturated rings. The lowest BCUT2D eigenvalue weighted by molar-refractivity contribution is -0.143. The van der Waals surface area contributed by atoms with Gasteiger partial charge in [0.2, 0.25) is 5.78 Å². The Morgan fingerprint density at radius 3 is 2.24 bits per heavy atom. The van der Waals surface area contributed by atoms with Gasteiger partial charge >= 0.3 is 12.4 Å². The average Bonchev–Trinajstić information content (AvgIpc) is 3.41. The highest BCUT2D eigenvalue weighted by molar-refractivity contribution is 6.33. The van der Waals surface area contributed by atoms with Crippen LogP contribution in [0.3, 0.4) is 0 Å². The number of rotatable bonds is 6.